The summed E-state index contributed by atoms with van der Waals surface area (Å²) in [5.41, 5.74) is -0.925. The van der Waals surface area contributed by atoms with Crippen molar-refractivity contribution in [3.8, 4) is 0 Å². The highest BCUT2D eigenvalue weighted by molar-refractivity contribution is 6.06. The monoisotopic (exact) mass is 295 g/mol. The number of imide groups is 1. The van der Waals surface area contributed by atoms with Crippen molar-refractivity contribution in [3.63, 3.8) is 0 Å². The van der Waals surface area contributed by atoms with Gasteiger partial charge < -0.3 is 10.6 Å². The third-order valence-corrected chi connectivity index (χ3v) is 3.13. The van der Waals surface area contributed by atoms with E-state index in [9.17, 15) is 14.4 Å². The van der Waals surface area contributed by atoms with E-state index >= 15 is 0 Å². The van der Waals surface area contributed by atoms with Gasteiger partial charge in [0, 0.05) is 13.0 Å². The van der Waals surface area contributed by atoms with Crippen molar-refractivity contribution in [2.75, 3.05) is 6.54 Å². The van der Waals surface area contributed by atoms with Gasteiger partial charge in [-0.1, -0.05) is 5.21 Å². The van der Waals surface area contributed by atoms with Gasteiger partial charge in [-0.15, -0.1) is 10.2 Å². The number of tetrazole rings is 1. The zero-order valence-electron chi connectivity index (χ0n) is 12.0. The molecule has 21 heavy (non-hydrogen) atoms. The first kappa shape index (κ1) is 14.9. The van der Waals surface area contributed by atoms with Crippen LogP contribution < -0.4 is 10.6 Å². The predicted molar refractivity (Wildman–Crippen MR) is 69.7 cm³/mol. The van der Waals surface area contributed by atoms with Crippen molar-refractivity contribution in [2.45, 2.75) is 38.8 Å². The number of nitrogens with one attached hydrogen (secondary N) is 3. The van der Waals surface area contributed by atoms with E-state index in [4.69, 9.17) is 0 Å². The summed E-state index contributed by atoms with van der Waals surface area (Å²) in [6.07, 6.45) is 0.0113. The first-order valence-electron chi connectivity index (χ1n) is 6.48. The van der Waals surface area contributed by atoms with Crippen molar-refractivity contribution in [1.29, 1.82) is 0 Å². The SMILES string of the molecule is CC(NC(=O)CCN1C(=O)NC(C)(C)C1=O)c1nn[nH]n1. The normalized spacial score (nSPS) is 18.5. The summed E-state index contributed by atoms with van der Waals surface area (Å²) in [5.74, 6) is -0.288. The van der Waals surface area contributed by atoms with Crippen LogP contribution in [0.1, 0.15) is 39.1 Å². The number of hydrogen-bond acceptors (Lipinski definition) is 6. The van der Waals surface area contributed by atoms with Crippen LogP contribution in [0.4, 0.5) is 4.79 Å². The first-order chi connectivity index (χ1) is 9.81. The summed E-state index contributed by atoms with van der Waals surface area (Å²) in [4.78, 5) is 36.4. The van der Waals surface area contributed by atoms with E-state index in [2.05, 4.69) is 31.3 Å². The van der Waals surface area contributed by atoms with Gasteiger partial charge in [-0.25, -0.2) is 4.79 Å². The molecule has 10 nitrogen and oxygen atoms in total. The van der Waals surface area contributed by atoms with Crippen LogP contribution >= 0.6 is 0 Å². The average molecular weight is 295 g/mol. The zero-order chi connectivity index (χ0) is 15.6. The molecule has 0 bridgehead atoms. The second-order valence-electron chi connectivity index (χ2n) is 5.32. The zero-order valence-corrected chi connectivity index (χ0v) is 12.0. The molecule has 4 amide bonds. The van der Waals surface area contributed by atoms with Crippen LogP contribution in [0.25, 0.3) is 0 Å². The van der Waals surface area contributed by atoms with Gasteiger partial charge in [-0.05, 0) is 20.8 Å². The van der Waals surface area contributed by atoms with E-state index in [0.717, 1.165) is 4.90 Å². The molecule has 1 aromatic heterocycles. The number of hydrogen-bond donors (Lipinski definition) is 3. The number of carbonyl (C=O) groups is 3. The van der Waals surface area contributed by atoms with Crippen LogP contribution in [0, 0.1) is 0 Å². The molecule has 2 rings (SSSR count). The average Bonchev–Trinajstić information content (AvgIpc) is 2.97. The van der Waals surface area contributed by atoms with E-state index in [1.54, 1.807) is 20.8 Å². The lowest BCUT2D eigenvalue weighted by Gasteiger charge is -2.16. The van der Waals surface area contributed by atoms with Crippen LogP contribution in [0.3, 0.4) is 0 Å². The second-order valence-corrected chi connectivity index (χ2v) is 5.32. The summed E-state index contributed by atoms with van der Waals surface area (Å²) < 4.78 is 0. The topological polar surface area (TPSA) is 133 Å². The molecule has 0 saturated carbocycles. The van der Waals surface area contributed by atoms with Crippen LogP contribution in [0.2, 0.25) is 0 Å². The fourth-order valence-corrected chi connectivity index (χ4v) is 1.97. The Morgan fingerprint density at radius 1 is 1.43 bits per heavy atom. The van der Waals surface area contributed by atoms with Crippen molar-refractivity contribution < 1.29 is 14.4 Å². The molecular formula is C11H17N7O3. The van der Waals surface area contributed by atoms with Gasteiger partial charge in [0.2, 0.25) is 5.91 Å². The molecule has 2 heterocycles. The Balaban J connectivity index is 1.85. The number of aromatic amines is 1. The molecular weight excluding hydrogens is 278 g/mol. The molecule has 1 saturated heterocycles. The van der Waals surface area contributed by atoms with Gasteiger partial charge in [-0.2, -0.15) is 5.21 Å². The maximum absolute atomic E-state index is 11.9. The number of aromatic nitrogens is 4. The van der Waals surface area contributed by atoms with E-state index in [1.165, 1.54) is 0 Å². The Morgan fingerprint density at radius 3 is 2.67 bits per heavy atom. The Hall–Kier alpha value is -2.52. The lowest BCUT2D eigenvalue weighted by atomic mass is 10.1. The van der Waals surface area contributed by atoms with Gasteiger partial charge in [0.15, 0.2) is 5.82 Å². The Bertz CT molecular complexity index is 554. The quantitative estimate of drug-likeness (QED) is 0.603. The van der Waals surface area contributed by atoms with E-state index < -0.39 is 17.6 Å². The van der Waals surface area contributed by atoms with Crippen LogP contribution in [0.15, 0.2) is 0 Å². The summed E-state index contributed by atoms with van der Waals surface area (Å²) >= 11 is 0. The lowest BCUT2D eigenvalue weighted by Crippen LogP contribution is -2.40. The third-order valence-electron chi connectivity index (χ3n) is 3.13. The summed E-state index contributed by atoms with van der Waals surface area (Å²) in [6.45, 7) is 4.97. The Morgan fingerprint density at radius 2 is 2.14 bits per heavy atom. The highest BCUT2D eigenvalue weighted by Gasteiger charge is 2.44. The molecule has 10 heteroatoms. The molecule has 1 aromatic rings. The maximum Gasteiger partial charge on any atom is 0.325 e. The van der Waals surface area contributed by atoms with Crippen LogP contribution in [0.5, 0.6) is 0 Å². The Kier molecular flexibility index (Phi) is 3.87. The number of rotatable bonds is 5. The van der Waals surface area contributed by atoms with Gasteiger partial charge in [-0.3, -0.25) is 14.5 Å². The molecule has 114 valence electrons. The number of H-pyrrole nitrogens is 1. The largest absolute Gasteiger partial charge is 0.346 e. The summed E-state index contributed by atoms with van der Waals surface area (Å²) in [7, 11) is 0. The van der Waals surface area contributed by atoms with Gasteiger partial charge in [0.25, 0.3) is 5.91 Å². The highest BCUT2D eigenvalue weighted by atomic mass is 16.2. The molecule has 0 spiro atoms. The second kappa shape index (κ2) is 5.46. The van der Waals surface area contributed by atoms with Crippen LogP contribution in [-0.2, 0) is 9.59 Å². The molecule has 0 aromatic carbocycles. The first-order valence-corrected chi connectivity index (χ1v) is 6.48. The predicted octanol–water partition coefficient (Wildman–Crippen LogP) is -0.903. The fourth-order valence-electron chi connectivity index (χ4n) is 1.97. The Labute approximate surface area is 120 Å². The molecule has 1 atom stereocenters. The van der Waals surface area contributed by atoms with Gasteiger partial charge >= 0.3 is 6.03 Å². The minimum atomic E-state index is -0.925. The molecule has 1 aliphatic heterocycles. The standard InChI is InChI=1S/C11H17N7O3/c1-6(8-14-16-17-15-8)12-7(19)4-5-18-9(20)11(2,3)13-10(18)21/h6H,4-5H2,1-3H3,(H,12,19)(H,13,21)(H,14,15,16,17). The lowest BCUT2D eigenvalue weighted by molar-refractivity contribution is -0.130. The molecule has 0 radical (unpaired) electrons. The van der Waals surface area contributed by atoms with Crippen molar-refractivity contribution in [2.24, 2.45) is 0 Å². The summed E-state index contributed by atoms with van der Waals surface area (Å²) in [6, 6.07) is -0.889. The third kappa shape index (κ3) is 3.15. The van der Waals surface area contributed by atoms with Gasteiger partial charge in [0.1, 0.15) is 5.54 Å². The molecule has 3 N–H and O–H groups in total. The number of urea groups is 1. The molecule has 0 aliphatic carbocycles. The van der Waals surface area contributed by atoms with Crippen LogP contribution in [-0.4, -0.2) is 55.5 Å². The highest BCUT2D eigenvalue weighted by Crippen LogP contribution is 2.16. The minimum absolute atomic E-state index is 0.0113. The maximum atomic E-state index is 11.9. The van der Waals surface area contributed by atoms with E-state index in [0.29, 0.717) is 5.82 Å². The molecule has 1 unspecified atom stereocenters. The van der Waals surface area contributed by atoms with Crippen molar-refractivity contribution in [3.05, 3.63) is 5.82 Å². The smallest absolute Gasteiger partial charge is 0.325 e. The summed E-state index contributed by atoms with van der Waals surface area (Å²) in [5, 5.41) is 18.4. The van der Waals surface area contributed by atoms with E-state index in [1.807, 2.05) is 0 Å². The van der Waals surface area contributed by atoms with E-state index in [-0.39, 0.29) is 24.8 Å². The number of nitrogens with zero attached hydrogens (tertiary/aromatic N) is 4. The van der Waals surface area contributed by atoms with Crippen molar-refractivity contribution in [1.82, 2.24) is 36.2 Å². The number of carbonyl (C=O) groups excluding carboxylic acids is 3. The minimum Gasteiger partial charge on any atom is -0.346 e. The van der Waals surface area contributed by atoms with Gasteiger partial charge in [0.05, 0.1) is 6.04 Å². The molecule has 1 fully saturated rings. The van der Waals surface area contributed by atoms with Crippen molar-refractivity contribution >= 4 is 17.8 Å². The molecule has 1 aliphatic rings. The fraction of sp³-hybridized carbons (Fsp3) is 0.636. The number of amides is 4.